The van der Waals surface area contributed by atoms with Gasteiger partial charge in [-0.05, 0) is 26.3 Å². The molecule has 3 nitrogen and oxygen atoms in total. The van der Waals surface area contributed by atoms with Gasteiger partial charge in [0.1, 0.15) is 5.82 Å². The third-order valence-electron chi connectivity index (χ3n) is 3.34. The predicted molar refractivity (Wildman–Crippen MR) is 80.1 cm³/mol. The molecule has 1 aliphatic rings. The summed E-state index contributed by atoms with van der Waals surface area (Å²) in [5.41, 5.74) is 3.42. The van der Waals surface area contributed by atoms with Gasteiger partial charge < -0.3 is 10.3 Å². The molecular formula is C16H23N3. The molecule has 0 amide bonds. The van der Waals surface area contributed by atoms with Crippen LogP contribution in [0.3, 0.4) is 0 Å². The first-order valence-corrected chi connectivity index (χ1v) is 7.20. The van der Waals surface area contributed by atoms with Gasteiger partial charge in [-0.2, -0.15) is 0 Å². The quantitative estimate of drug-likeness (QED) is 0.858. The highest BCUT2D eigenvalue weighted by Crippen LogP contribution is 2.26. The van der Waals surface area contributed by atoms with Gasteiger partial charge in [-0.1, -0.05) is 44.2 Å². The number of aryl methyl sites for hydroxylation is 1. The van der Waals surface area contributed by atoms with Gasteiger partial charge in [-0.3, -0.25) is 0 Å². The third-order valence-corrected chi connectivity index (χ3v) is 3.34. The zero-order chi connectivity index (χ0) is 13.7. The van der Waals surface area contributed by atoms with E-state index in [1.807, 2.05) is 19.9 Å². The van der Waals surface area contributed by atoms with E-state index in [0.717, 1.165) is 23.8 Å². The molecule has 1 aromatic carbocycles. The Morgan fingerprint density at radius 2 is 1.89 bits per heavy atom. The topological polar surface area (TPSA) is 40.7 Å². The van der Waals surface area contributed by atoms with Gasteiger partial charge in [-0.25, -0.2) is 4.98 Å². The summed E-state index contributed by atoms with van der Waals surface area (Å²) < 4.78 is 0. The average Bonchev–Trinajstić information content (AvgIpc) is 3.11. The highest BCUT2D eigenvalue weighted by Gasteiger charge is 2.20. The molecule has 0 bridgehead atoms. The second-order valence-electron chi connectivity index (χ2n) is 4.61. The highest BCUT2D eigenvalue weighted by atomic mass is 15.0. The Balaban J connectivity index is 0.000000637. The molecule has 19 heavy (non-hydrogen) atoms. The maximum Gasteiger partial charge on any atom is 0.124 e. The summed E-state index contributed by atoms with van der Waals surface area (Å²) in [5.74, 6) is 1.08. The van der Waals surface area contributed by atoms with Crippen molar-refractivity contribution in [1.82, 2.24) is 15.3 Å². The molecule has 1 saturated heterocycles. The molecule has 0 saturated carbocycles. The Kier molecular flexibility index (Phi) is 4.74. The van der Waals surface area contributed by atoms with E-state index in [1.54, 1.807) is 0 Å². The Hall–Kier alpha value is -1.61. The number of aromatic amines is 1. The van der Waals surface area contributed by atoms with E-state index < -0.39 is 0 Å². The van der Waals surface area contributed by atoms with E-state index in [9.17, 15) is 0 Å². The van der Waals surface area contributed by atoms with E-state index in [1.165, 1.54) is 18.4 Å². The standard InChI is InChI=1S/C14H17N3.C2H6/c1-10-13(11-6-3-2-4-7-11)17-14(16-10)12-8-5-9-15-12;1-2/h2-4,6-7,12,15H,5,8-9H2,1H3,(H,16,17);1-2H3. The highest BCUT2D eigenvalue weighted by molar-refractivity contribution is 5.61. The van der Waals surface area contributed by atoms with Gasteiger partial charge in [0.15, 0.2) is 0 Å². The Bertz CT molecular complexity index is 496. The van der Waals surface area contributed by atoms with Crippen molar-refractivity contribution in [1.29, 1.82) is 0 Å². The molecule has 0 aliphatic carbocycles. The molecule has 1 unspecified atom stereocenters. The van der Waals surface area contributed by atoms with Crippen LogP contribution in [0.2, 0.25) is 0 Å². The fourth-order valence-electron chi connectivity index (χ4n) is 2.44. The first kappa shape index (κ1) is 13.8. The number of hydrogen-bond acceptors (Lipinski definition) is 2. The summed E-state index contributed by atoms with van der Waals surface area (Å²) in [4.78, 5) is 8.16. The molecule has 1 atom stereocenters. The minimum absolute atomic E-state index is 0.408. The van der Waals surface area contributed by atoms with E-state index in [4.69, 9.17) is 4.98 Å². The van der Waals surface area contributed by atoms with Gasteiger partial charge in [0.2, 0.25) is 0 Å². The van der Waals surface area contributed by atoms with Gasteiger partial charge in [-0.15, -0.1) is 0 Å². The summed E-state index contributed by atoms with van der Waals surface area (Å²) in [6, 6.07) is 10.8. The number of rotatable bonds is 2. The minimum atomic E-state index is 0.408. The van der Waals surface area contributed by atoms with Crippen molar-refractivity contribution in [2.45, 2.75) is 39.7 Å². The summed E-state index contributed by atoms with van der Waals surface area (Å²) >= 11 is 0. The predicted octanol–water partition coefficient (Wildman–Crippen LogP) is 3.84. The lowest BCUT2D eigenvalue weighted by Gasteiger charge is -2.04. The fraction of sp³-hybridized carbons (Fsp3) is 0.438. The number of H-pyrrole nitrogens is 1. The summed E-state index contributed by atoms with van der Waals surface area (Å²) in [6.45, 7) is 7.19. The number of nitrogens with one attached hydrogen (secondary N) is 2. The maximum atomic E-state index is 4.74. The van der Waals surface area contributed by atoms with Crippen molar-refractivity contribution < 1.29 is 0 Å². The first-order chi connectivity index (χ1) is 9.34. The summed E-state index contributed by atoms with van der Waals surface area (Å²) in [7, 11) is 0. The van der Waals surface area contributed by atoms with Crippen LogP contribution in [0.15, 0.2) is 30.3 Å². The van der Waals surface area contributed by atoms with Crippen molar-refractivity contribution in [3.63, 3.8) is 0 Å². The zero-order valence-electron chi connectivity index (χ0n) is 12.0. The Morgan fingerprint density at radius 1 is 1.16 bits per heavy atom. The van der Waals surface area contributed by atoms with Crippen LogP contribution >= 0.6 is 0 Å². The number of benzene rings is 1. The molecule has 0 spiro atoms. The van der Waals surface area contributed by atoms with Crippen LogP contribution in [0.4, 0.5) is 0 Å². The molecule has 3 heteroatoms. The lowest BCUT2D eigenvalue weighted by Crippen LogP contribution is -2.14. The van der Waals surface area contributed by atoms with Crippen LogP contribution < -0.4 is 5.32 Å². The minimum Gasteiger partial charge on any atom is -0.344 e. The van der Waals surface area contributed by atoms with Crippen LogP contribution in [0.1, 0.15) is 44.2 Å². The number of imidazole rings is 1. The normalized spacial score (nSPS) is 17.9. The van der Waals surface area contributed by atoms with Crippen LogP contribution in [-0.2, 0) is 0 Å². The largest absolute Gasteiger partial charge is 0.344 e. The molecular weight excluding hydrogens is 234 g/mol. The number of aromatic nitrogens is 2. The molecule has 102 valence electrons. The maximum absolute atomic E-state index is 4.74. The lowest BCUT2D eigenvalue weighted by atomic mass is 10.1. The van der Waals surface area contributed by atoms with Crippen molar-refractivity contribution in [3.8, 4) is 11.3 Å². The molecule has 0 radical (unpaired) electrons. The monoisotopic (exact) mass is 257 g/mol. The SMILES string of the molecule is CC.Cc1[nH]c(C2CCCN2)nc1-c1ccccc1. The number of hydrogen-bond donors (Lipinski definition) is 2. The fourth-order valence-corrected chi connectivity index (χ4v) is 2.44. The van der Waals surface area contributed by atoms with Crippen LogP contribution in [0.5, 0.6) is 0 Å². The van der Waals surface area contributed by atoms with Crippen LogP contribution in [-0.4, -0.2) is 16.5 Å². The summed E-state index contributed by atoms with van der Waals surface area (Å²) in [5, 5.41) is 3.47. The molecule has 3 rings (SSSR count). The second kappa shape index (κ2) is 6.53. The Morgan fingerprint density at radius 3 is 2.53 bits per heavy atom. The molecule has 2 aromatic rings. The van der Waals surface area contributed by atoms with Gasteiger partial charge in [0.05, 0.1) is 11.7 Å². The molecule has 2 N–H and O–H groups in total. The van der Waals surface area contributed by atoms with E-state index in [2.05, 4.69) is 41.5 Å². The van der Waals surface area contributed by atoms with Crippen molar-refractivity contribution >= 4 is 0 Å². The average molecular weight is 257 g/mol. The smallest absolute Gasteiger partial charge is 0.124 e. The van der Waals surface area contributed by atoms with Crippen molar-refractivity contribution in [3.05, 3.63) is 41.9 Å². The second-order valence-corrected chi connectivity index (χ2v) is 4.61. The van der Waals surface area contributed by atoms with Crippen LogP contribution in [0, 0.1) is 6.92 Å². The van der Waals surface area contributed by atoms with Crippen molar-refractivity contribution in [2.24, 2.45) is 0 Å². The molecule has 2 heterocycles. The molecule has 1 aliphatic heterocycles. The van der Waals surface area contributed by atoms with E-state index in [0.29, 0.717) is 6.04 Å². The van der Waals surface area contributed by atoms with Gasteiger partial charge in [0, 0.05) is 11.3 Å². The van der Waals surface area contributed by atoms with Gasteiger partial charge >= 0.3 is 0 Å². The first-order valence-electron chi connectivity index (χ1n) is 7.20. The van der Waals surface area contributed by atoms with Crippen molar-refractivity contribution in [2.75, 3.05) is 6.54 Å². The summed E-state index contributed by atoms with van der Waals surface area (Å²) in [6.07, 6.45) is 2.42. The van der Waals surface area contributed by atoms with E-state index in [-0.39, 0.29) is 0 Å². The Labute approximate surface area is 115 Å². The molecule has 1 fully saturated rings. The van der Waals surface area contributed by atoms with Gasteiger partial charge in [0.25, 0.3) is 0 Å². The molecule has 1 aromatic heterocycles. The third kappa shape index (κ3) is 3.04. The lowest BCUT2D eigenvalue weighted by molar-refractivity contribution is 0.612. The van der Waals surface area contributed by atoms with E-state index >= 15 is 0 Å². The zero-order valence-corrected chi connectivity index (χ0v) is 12.0. The van der Waals surface area contributed by atoms with Crippen LogP contribution in [0.25, 0.3) is 11.3 Å². The number of nitrogens with zero attached hydrogens (tertiary/aromatic N) is 1.